The van der Waals surface area contributed by atoms with E-state index >= 15 is 0 Å². The van der Waals surface area contributed by atoms with Gasteiger partial charge in [-0.3, -0.25) is 0 Å². The van der Waals surface area contributed by atoms with E-state index in [1.165, 1.54) is 5.56 Å². The van der Waals surface area contributed by atoms with Crippen LogP contribution in [-0.2, 0) is 6.42 Å². The Hall–Kier alpha value is -2.17. The Bertz CT molecular complexity index is 918. The Morgan fingerprint density at radius 1 is 1.08 bits per heavy atom. The fraction of sp³-hybridized carbons (Fsp3) is 0.333. The van der Waals surface area contributed by atoms with Crippen molar-refractivity contribution < 1.29 is 9.47 Å². The summed E-state index contributed by atoms with van der Waals surface area (Å²) in [5, 5.41) is 1.91. The zero-order valence-electron chi connectivity index (χ0n) is 15.5. The van der Waals surface area contributed by atoms with Crippen molar-refractivity contribution in [3.05, 3.63) is 46.5 Å². The number of rotatable bonds is 7. The van der Waals surface area contributed by atoms with Gasteiger partial charge in [0.1, 0.15) is 11.5 Å². The number of unbranched alkanes of at least 4 members (excludes halogenated alkanes) is 1. The number of benzene rings is 2. The lowest BCUT2D eigenvalue weighted by Gasteiger charge is -2.12. The van der Waals surface area contributed by atoms with E-state index in [1.54, 1.807) is 14.2 Å². The van der Waals surface area contributed by atoms with Crippen LogP contribution in [0.25, 0.3) is 22.2 Å². The zero-order chi connectivity index (χ0) is 18.7. The van der Waals surface area contributed by atoms with Gasteiger partial charge in [-0.1, -0.05) is 11.6 Å². The molecule has 0 atom stereocenters. The molecule has 0 aliphatic rings. The molecule has 0 radical (unpaired) electrons. The molecule has 0 amide bonds. The lowest BCUT2D eigenvalue weighted by Crippen LogP contribution is -1.99. The Balaban J connectivity index is 2.24. The summed E-state index contributed by atoms with van der Waals surface area (Å²) in [5.74, 6) is 1.60. The lowest BCUT2D eigenvalue weighted by atomic mass is 9.99. The molecule has 1 aromatic heterocycles. The van der Waals surface area contributed by atoms with Crippen LogP contribution in [0.1, 0.15) is 24.0 Å². The van der Waals surface area contributed by atoms with Crippen LogP contribution in [-0.4, -0.2) is 25.7 Å². The summed E-state index contributed by atoms with van der Waals surface area (Å²) in [6.45, 7) is 2.76. The molecule has 0 bridgehead atoms. The van der Waals surface area contributed by atoms with Crippen LogP contribution in [0.15, 0.2) is 30.3 Å². The third-order valence-electron chi connectivity index (χ3n) is 4.73. The minimum atomic E-state index is 0.694. The highest BCUT2D eigenvalue weighted by Crippen LogP contribution is 2.40. The number of hydrogen-bond donors (Lipinski definition) is 2. The molecule has 1 heterocycles. The maximum atomic E-state index is 6.34. The summed E-state index contributed by atoms with van der Waals surface area (Å²) >= 11 is 6.34. The number of ether oxygens (including phenoxy) is 2. The van der Waals surface area contributed by atoms with Crippen LogP contribution in [0.4, 0.5) is 0 Å². The molecule has 3 N–H and O–H groups in total. The first-order chi connectivity index (χ1) is 12.6. The van der Waals surface area contributed by atoms with Gasteiger partial charge in [0, 0.05) is 21.5 Å². The summed E-state index contributed by atoms with van der Waals surface area (Å²) in [6.07, 6.45) is 2.93. The Labute approximate surface area is 159 Å². The number of nitrogens with two attached hydrogens (primary N) is 1. The lowest BCUT2D eigenvalue weighted by molar-refractivity contribution is 0.404. The number of halogens is 1. The number of hydrogen-bond acceptors (Lipinski definition) is 3. The molecule has 26 heavy (non-hydrogen) atoms. The molecule has 0 spiro atoms. The van der Waals surface area contributed by atoms with E-state index in [2.05, 4.69) is 11.9 Å². The summed E-state index contributed by atoms with van der Waals surface area (Å²) in [6, 6.07) is 9.86. The van der Waals surface area contributed by atoms with E-state index in [9.17, 15) is 0 Å². The second-order valence-corrected chi connectivity index (χ2v) is 6.87. The molecule has 3 rings (SSSR count). The molecule has 3 aromatic rings. The SMILES string of the molecule is COc1ccc(OC)c(-c2[nH]c3c(C)cc(Cl)cc3c2CCCCN)c1. The van der Waals surface area contributed by atoms with Crippen LogP contribution in [0.5, 0.6) is 11.5 Å². The Morgan fingerprint density at radius 2 is 1.88 bits per heavy atom. The van der Waals surface area contributed by atoms with Gasteiger partial charge in [0.25, 0.3) is 0 Å². The first-order valence-corrected chi connectivity index (χ1v) is 9.20. The third-order valence-corrected chi connectivity index (χ3v) is 4.95. The molecule has 4 nitrogen and oxygen atoms in total. The van der Waals surface area contributed by atoms with Crippen molar-refractivity contribution in [2.24, 2.45) is 5.73 Å². The minimum absolute atomic E-state index is 0.694. The highest BCUT2D eigenvalue weighted by Gasteiger charge is 2.18. The van der Waals surface area contributed by atoms with Crippen LogP contribution >= 0.6 is 11.6 Å². The molecule has 2 aromatic carbocycles. The van der Waals surface area contributed by atoms with Gasteiger partial charge in [0.15, 0.2) is 0 Å². The molecule has 0 aliphatic heterocycles. The van der Waals surface area contributed by atoms with Gasteiger partial charge in [-0.15, -0.1) is 0 Å². The van der Waals surface area contributed by atoms with E-state index in [4.69, 9.17) is 26.8 Å². The topological polar surface area (TPSA) is 60.3 Å². The molecule has 0 saturated carbocycles. The first-order valence-electron chi connectivity index (χ1n) is 8.82. The van der Waals surface area contributed by atoms with Gasteiger partial charge in [-0.2, -0.15) is 0 Å². The van der Waals surface area contributed by atoms with Crippen molar-refractivity contribution in [3.63, 3.8) is 0 Å². The quantitative estimate of drug-likeness (QED) is 0.567. The molecule has 0 saturated heterocycles. The molecule has 138 valence electrons. The fourth-order valence-electron chi connectivity index (χ4n) is 3.43. The van der Waals surface area contributed by atoms with Gasteiger partial charge >= 0.3 is 0 Å². The van der Waals surface area contributed by atoms with Crippen LogP contribution < -0.4 is 15.2 Å². The van der Waals surface area contributed by atoms with Crippen molar-refractivity contribution in [2.75, 3.05) is 20.8 Å². The number of H-pyrrole nitrogens is 1. The first kappa shape index (κ1) is 18.6. The monoisotopic (exact) mass is 372 g/mol. The average molecular weight is 373 g/mol. The van der Waals surface area contributed by atoms with Crippen LogP contribution in [0.2, 0.25) is 5.02 Å². The van der Waals surface area contributed by atoms with Crippen molar-refractivity contribution in [1.29, 1.82) is 0 Å². The van der Waals surface area contributed by atoms with Crippen molar-refractivity contribution in [3.8, 4) is 22.8 Å². The van der Waals surface area contributed by atoms with Crippen molar-refractivity contribution in [1.82, 2.24) is 4.98 Å². The smallest absolute Gasteiger partial charge is 0.128 e. The van der Waals surface area contributed by atoms with E-state index in [1.807, 2.05) is 30.3 Å². The molecule has 0 aliphatic carbocycles. The number of nitrogens with one attached hydrogen (secondary N) is 1. The second-order valence-electron chi connectivity index (χ2n) is 6.44. The Kier molecular flexibility index (Phi) is 5.74. The van der Waals surface area contributed by atoms with Crippen molar-refractivity contribution in [2.45, 2.75) is 26.2 Å². The maximum absolute atomic E-state index is 6.34. The third kappa shape index (κ3) is 3.53. The number of aromatic amines is 1. The zero-order valence-corrected chi connectivity index (χ0v) is 16.2. The predicted octanol–water partition coefficient (Wildman–Crippen LogP) is 5.10. The predicted molar refractivity (Wildman–Crippen MR) is 109 cm³/mol. The minimum Gasteiger partial charge on any atom is -0.497 e. The van der Waals surface area contributed by atoms with E-state index < -0.39 is 0 Å². The largest absolute Gasteiger partial charge is 0.497 e. The average Bonchev–Trinajstić information content (AvgIpc) is 3.00. The Morgan fingerprint density at radius 3 is 2.58 bits per heavy atom. The summed E-state index contributed by atoms with van der Waals surface area (Å²) in [7, 11) is 3.35. The number of fused-ring (bicyclic) bond motifs is 1. The van der Waals surface area contributed by atoms with Gasteiger partial charge in [0.2, 0.25) is 0 Å². The van der Waals surface area contributed by atoms with Gasteiger partial charge in [-0.25, -0.2) is 0 Å². The van der Waals surface area contributed by atoms with Gasteiger partial charge in [0.05, 0.1) is 19.9 Å². The summed E-state index contributed by atoms with van der Waals surface area (Å²) in [5.41, 5.74) is 11.2. The van der Waals surface area contributed by atoms with Gasteiger partial charge in [-0.05, 0) is 74.2 Å². The fourth-order valence-corrected chi connectivity index (χ4v) is 3.70. The number of aryl methyl sites for hydroxylation is 2. The molecule has 0 unspecified atom stereocenters. The number of aromatic nitrogens is 1. The van der Waals surface area contributed by atoms with Crippen LogP contribution in [0.3, 0.4) is 0 Å². The maximum Gasteiger partial charge on any atom is 0.128 e. The van der Waals surface area contributed by atoms with E-state index in [-0.39, 0.29) is 0 Å². The summed E-state index contributed by atoms with van der Waals surface area (Å²) in [4.78, 5) is 3.60. The van der Waals surface area contributed by atoms with E-state index in [0.717, 1.165) is 63.5 Å². The summed E-state index contributed by atoms with van der Waals surface area (Å²) < 4.78 is 11.0. The molecular formula is C21H25ClN2O2. The second kappa shape index (κ2) is 8.02. The van der Waals surface area contributed by atoms with Gasteiger partial charge < -0.3 is 20.2 Å². The highest BCUT2D eigenvalue weighted by molar-refractivity contribution is 6.31. The molecule has 0 fully saturated rings. The van der Waals surface area contributed by atoms with E-state index in [0.29, 0.717) is 6.54 Å². The molecule has 5 heteroatoms. The standard InChI is InChI=1S/C21H25ClN2O2/c1-13-10-14(22)11-17-16(6-4-5-9-23)21(24-20(13)17)18-12-15(25-2)7-8-19(18)26-3/h7-8,10-12,24H,4-6,9,23H2,1-3H3. The van der Waals surface area contributed by atoms with Crippen molar-refractivity contribution >= 4 is 22.5 Å². The van der Waals surface area contributed by atoms with Crippen LogP contribution in [0, 0.1) is 6.92 Å². The normalized spacial score (nSPS) is 11.1. The molecular weight excluding hydrogens is 348 g/mol. The number of methoxy groups -OCH3 is 2. The highest BCUT2D eigenvalue weighted by atomic mass is 35.5.